The van der Waals surface area contributed by atoms with Gasteiger partial charge in [-0.25, -0.2) is 4.98 Å². The maximum atomic E-state index is 12.1. The van der Waals surface area contributed by atoms with Gasteiger partial charge in [0, 0.05) is 37.8 Å². The first-order valence-corrected chi connectivity index (χ1v) is 7.66. The van der Waals surface area contributed by atoms with E-state index >= 15 is 0 Å². The summed E-state index contributed by atoms with van der Waals surface area (Å²) in [6, 6.07) is 1.92. The lowest BCUT2D eigenvalue weighted by Gasteiger charge is -2.02. The first-order valence-electron chi connectivity index (χ1n) is 6.85. The van der Waals surface area contributed by atoms with Crippen LogP contribution in [0.3, 0.4) is 0 Å². The molecule has 0 fully saturated rings. The predicted molar refractivity (Wildman–Crippen MR) is 82.6 cm³/mol. The van der Waals surface area contributed by atoms with Crippen molar-refractivity contribution in [3.63, 3.8) is 0 Å². The van der Waals surface area contributed by atoms with Gasteiger partial charge in [-0.3, -0.25) is 9.48 Å². The van der Waals surface area contributed by atoms with Crippen LogP contribution in [0.15, 0.2) is 18.5 Å². The van der Waals surface area contributed by atoms with Crippen molar-refractivity contribution < 1.29 is 4.79 Å². The lowest BCUT2D eigenvalue weighted by molar-refractivity contribution is 0.0957. The Hall–Kier alpha value is -2.15. The zero-order valence-electron chi connectivity index (χ0n) is 12.0. The van der Waals surface area contributed by atoms with Crippen molar-refractivity contribution in [3.8, 4) is 0 Å². The average molecular weight is 303 g/mol. The molecule has 1 amide bonds. The fraction of sp³-hybridized carbons (Fsp3) is 0.357. The second-order valence-electron chi connectivity index (χ2n) is 4.93. The van der Waals surface area contributed by atoms with Gasteiger partial charge in [0.1, 0.15) is 10.7 Å². The molecule has 0 bridgehead atoms. The van der Waals surface area contributed by atoms with Gasteiger partial charge in [0.25, 0.3) is 5.91 Å². The van der Waals surface area contributed by atoms with Crippen LogP contribution in [0.25, 0.3) is 10.2 Å². The number of H-pyrrole nitrogens is 1. The molecule has 3 aromatic heterocycles. The lowest BCUT2D eigenvalue weighted by atomic mass is 10.3. The highest BCUT2D eigenvalue weighted by Gasteiger charge is 2.14. The number of imidazole rings is 1. The zero-order valence-corrected chi connectivity index (χ0v) is 12.8. The topological polar surface area (TPSA) is 75.6 Å². The van der Waals surface area contributed by atoms with E-state index in [-0.39, 0.29) is 5.91 Å². The summed E-state index contributed by atoms with van der Waals surface area (Å²) >= 11 is 1.48. The highest BCUT2D eigenvalue weighted by Crippen LogP contribution is 2.27. The quantitative estimate of drug-likeness (QED) is 0.708. The van der Waals surface area contributed by atoms with E-state index in [1.165, 1.54) is 11.3 Å². The van der Waals surface area contributed by atoms with Crippen LogP contribution < -0.4 is 5.32 Å². The molecule has 6 nitrogen and oxygen atoms in total. The Bertz CT molecular complexity index is 721. The number of amides is 1. The van der Waals surface area contributed by atoms with Crippen LogP contribution in [0.4, 0.5) is 0 Å². The van der Waals surface area contributed by atoms with Crippen molar-refractivity contribution in [2.75, 3.05) is 6.54 Å². The van der Waals surface area contributed by atoms with Gasteiger partial charge in [-0.05, 0) is 19.4 Å². The van der Waals surface area contributed by atoms with Crippen molar-refractivity contribution in [1.29, 1.82) is 0 Å². The Morgan fingerprint density at radius 1 is 1.52 bits per heavy atom. The van der Waals surface area contributed by atoms with Crippen LogP contribution >= 0.6 is 11.3 Å². The van der Waals surface area contributed by atoms with E-state index in [2.05, 4.69) is 20.4 Å². The summed E-state index contributed by atoms with van der Waals surface area (Å²) in [5, 5.41) is 8.35. The summed E-state index contributed by atoms with van der Waals surface area (Å²) in [7, 11) is 1.90. The molecular formula is C14H17N5OS. The molecule has 0 aliphatic heterocycles. The van der Waals surface area contributed by atoms with Gasteiger partial charge >= 0.3 is 0 Å². The average Bonchev–Trinajstić information content (AvgIpc) is 3.15. The number of aryl methyl sites for hydroxylation is 3. The number of aromatic amines is 1. The number of aromatic nitrogens is 4. The molecule has 0 spiro atoms. The molecule has 0 saturated heterocycles. The minimum absolute atomic E-state index is 0.0185. The number of fused-ring (bicyclic) bond motifs is 1. The molecule has 0 aliphatic rings. The van der Waals surface area contributed by atoms with E-state index in [0.717, 1.165) is 39.5 Å². The summed E-state index contributed by atoms with van der Waals surface area (Å²) < 4.78 is 1.82. The van der Waals surface area contributed by atoms with Crippen LogP contribution in [0.2, 0.25) is 0 Å². The first kappa shape index (κ1) is 13.8. The summed E-state index contributed by atoms with van der Waals surface area (Å²) in [5.41, 5.74) is 0.959. The number of hydrogen-bond acceptors (Lipinski definition) is 4. The molecule has 0 radical (unpaired) electrons. The predicted octanol–water partition coefficient (Wildman–Crippen LogP) is 2.03. The number of carbonyl (C=O) groups excluding carboxylic acids is 1. The molecule has 0 unspecified atom stereocenters. The van der Waals surface area contributed by atoms with E-state index in [0.29, 0.717) is 6.54 Å². The number of rotatable bonds is 5. The molecule has 3 heterocycles. The van der Waals surface area contributed by atoms with Crippen LogP contribution in [0, 0.1) is 6.92 Å². The minimum atomic E-state index is -0.0185. The summed E-state index contributed by atoms with van der Waals surface area (Å²) in [6.45, 7) is 2.60. The van der Waals surface area contributed by atoms with Crippen molar-refractivity contribution in [3.05, 3.63) is 34.9 Å². The minimum Gasteiger partial charge on any atom is -0.351 e. The second kappa shape index (κ2) is 5.69. The maximum absolute atomic E-state index is 12.1. The monoisotopic (exact) mass is 303 g/mol. The molecule has 21 heavy (non-hydrogen) atoms. The molecule has 0 saturated carbocycles. The van der Waals surface area contributed by atoms with E-state index < -0.39 is 0 Å². The molecule has 0 aliphatic carbocycles. The highest BCUT2D eigenvalue weighted by molar-refractivity contribution is 7.20. The smallest absolute Gasteiger partial charge is 0.261 e. The Kier molecular flexibility index (Phi) is 3.74. The van der Waals surface area contributed by atoms with E-state index in [1.807, 2.05) is 30.9 Å². The van der Waals surface area contributed by atoms with Gasteiger partial charge in [-0.15, -0.1) is 11.3 Å². The van der Waals surface area contributed by atoms with E-state index in [1.54, 1.807) is 6.20 Å². The number of nitrogens with one attached hydrogen (secondary N) is 2. The third-order valence-electron chi connectivity index (χ3n) is 3.35. The van der Waals surface area contributed by atoms with Gasteiger partial charge < -0.3 is 10.3 Å². The molecule has 110 valence electrons. The molecule has 0 aromatic carbocycles. The Labute approximate surface area is 126 Å². The van der Waals surface area contributed by atoms with E-state index in [9.17, 15) is 4.79 Å². The maximum Gasteiger partial charge on any atom is 0.261 e. The van der Waals surface area contributed by atoms with Gasteiger partial charge in [0.05, 0.1) is 10.6 Å². The molecule has 3 rings (SSSR count). The molecule has 7 heteroatoms. The van der Waals surface area contributed by atoms with Gasteiger partial charge in [0.2, 0.25) is 0 Å². The lowest BCUT2D eigenvalue weighted by Crippen LogP contribution is -2.23. The third kappa shape index (κ3) is 2.82. The number of nitrogens with zero attached hydrogens (tertiary/aromatic N) is 3. The zero-order chi connectivity index (χ0) is 14.8. The standard InChI is InChI=1S/C14H17N5OS/c1-9-10-8-11(21-14(10)19(2)18-9)13(20)17-5-3-4-12-15-6-7-16-12/h6-8H,3-5H2,1-2H3,(H,15,16)(H,17,20). The fourth-order valence-electron chi connectivity index (χ4n) is 2.30. The summed E-state index contributed by atoms with van der Waals surface area (Å²) in [5.74, 6) is 0.933. The Morgan fingerprint density at radius 3 is 3.10 bits per heavy atom. The molecule has 3 aromatic rings. The van der Waals surface area contributed by atoms with Crippen LogP contribution in [-0.2, 0) is 13.5 Å². The number of carbonyl (C=O) groups is 1. The number of thiophene rings is 1. The van der Waals surface area contributed by atoms with Gasteiger partial charge in [-0.1, -0.05) is 0 Å². The van der Waals surface area contributed by atoms with Crippen molar-refractivity contribution in [2.45, 2.75) is 19.8 Å². The first-order chi connectivity index (χ1) is 10.1. The van der Waals surface area contributed by atoms with Crippen LogP contribution in [0.5, 0.6) is 0 Å². The largest absolute Gasteiger partial charge is 0.351 e. The van der Waals surface area contributed by atoms with E-state index in [4.69, 9.17) is 0 Å². The molecule has 0 atom stereocenters. The van der Waals surface area contributed by atoms with Crippen LogP contribution in [0.1, 0.15) is 27.6 Å². The molecule has 2 N–H and O–H groups in total. The highest BCUT2D eigenvalue weighted by atomic mass is 32.1. The second-order valence-corrected chi connectivity index (χ2v) is 5.96. The van der Waals surface area contributed by atoms with Gasteiger partial charge in [0.15, 0.2) is 0 Å². The van der Waals surface area contributed by atoms with Crippen molar-refractivity contribution in [1.82, 2.24) is 25.1 Å². The Balaban J connectivity index is 1.58. The molecular weight excluding hydrogens is 286 g/mol. The fourth-order valence-corrected chi connectivity index (χ4v) is 3.34. The van der Waals surface area contributed by atoms with Crippen molar-refractivity contribution >= 4 is 27.5 Å². The third-order valence-corrected chi connectivity index (χ3v) is 4.55. The SMILES string of the molecule is Cc1nn(C)c2sc(C(=O)NCCCc3ncc[nH]3)cc12. The summed E-state index contributed by atoms with van der Waals surface area (Å²) in [4.78, 5) is 21.1. The van der Waals surface area contributed by atoms with Crippen molar-refractivity contribution in [2.24, 2.45) is 7.05 Å². The summed E-state index contributed by atoms with van der Waals surface area (Å²) in [6.07, 6.45) is 5.25. The number of hydrogen-bond donors (Lipinski definition) is 2. The Morgan fingerprint density at radius 2 is 2.38 bits per heavy atom. The normalized spacial score (nSPS) is 11.1. The van der Waals surface area contributed by atoms with Crippen LogP contribution in [-0.4, -0.2) is 32.2 Å². The van der Waals surface area contributed by atoms with Gasteiger partial charge in [-0.2, -0.15) is 5.10 Å².